The van der Waals surface area contributed by atoms with Crippen LogP contribution < -0.4 is 5.32 Å². The number of aliphatic hydroxyl groups is 10. The lowest BCUT2D eigenvalue weighted by molar-refractivity contribution is -0.274. The van der Waals surface area contributed by atoms with Crippen molar-refractivity contribution >= 4 is 23.8 Å². The standard InChI is InChI=1S/C17H33NO7.C13H24O8.C8H16O5.C8H18O5.2C2H6.6CH4/c1-6-17(12-20,23-5)25-13(10-19)11-24-15(22)9-7-8-14(21)18-16(2,3)4;1-3-13(9-15,19-2)21-10(7-14)8-20-12(18)6-4-5-11(16)17;1-3-8(12-2)7(11)6(10)5(4-9)13-8;1-3-8(6-11,12-2)13-7(4-9)5-10;2*1-2;;;;;;/h13,19-20H,6-12H2,1-5H3,(H,18,21);10,14-15H,3-9H2,1-2H3,(H,16,17);5-7,9-11H,3-4H2,1-2H3;7,9-11H,3-6H2,1-2H3;2*1-2H3;6*1H4/t13?,17-;10?,13-;5-,6-,7-,8-;8-;;;;;;;;/m1111......../s1. The predicted octanol–water partition coefficient (Wildman–Crippen LogP) is 4.47. The van der Waals surface area contributed by atoms with Crippen LogP contribution >= 0.6 is 0 Å². The van der Waals surface area contributed by atoms with Crippen LogP contribution in [0.3, 0.4) is 0 Å². The number of carboxylic acids is 1. The summed E-state index contributed by atoms with van der Waals surface area (Å²) in [5.74, 6) is -6.91. The Morgan fingerprint density at radius 2 is 0.878 bits per heavy atom. The van der Waals surface area contributed by atoms with Crippen molar-refractivity contribution in [2.45, 2.75) is 250 Å². The van der Waals surface area contributed by atoms with Gasteiger partial charge in [-0.15, -0.1) is 0 Å². The number of hydrogen-bond acceptors (Lipinski definition) is 24. The Bertz CT molecular complexity index is 1380. The fourth-order valence-corrected chi connectivity index (χ4v) is 6.14. The minimum absolute atomic E-state index is 0. The Labute approximate surface area is 495 Å². The molecule has 0 saturated carbocycles. The Balaban J connectivity index is -0.0000000896. The zero-order chi connectivity index (χ0) is 60.2. The zero-order valence-corrected chi connectivity index (χ0v) is 48.2. The topological polar surface area (TPSA) is 395 Å². The van der Waals surface area contributed by atoms with E-state index in [0.717, 1.165) is 0 Å². The molecule has 2 unspecified atom stereocenters. The first kappa shape index (κ1) is 104. The van der Waals surface area contributed by atoms with Gasteiger partial charge < -0.3 is 109 Å². The molecule has 26 heteroatoms. The van der Waals surface area contributed by atoms with Gasteiger partial charge in [-0.3, -0.25) is 19.2 Å². The van der Waals surface area contributed by atoms with E-state index in [1.165, 1.54) is 28.4 Å². The molecule has 1 amide bonds. The summed E-state index contributed by atoms with van der Waals surface area (Å²) >= 11 is 0. The number of esters is 2. The third-order valence-electron chi connectivity index (χ3n) is 10.9. The average molecular weight is 1210 g/mol. The van der Waals surface area contributed by atoms with Crippen LogP contribution in [0.5, 0.6) is 0 Å². The fourth-order valence-electron chi connectivity index (χ4n) is 6.14. The summed E-state index contributed by atoms with van der Waals surface area (Å²) < 4.78 is 51.6. The fraction of sp³-hybridized carbons (Fsp3) is 0.929. The number of aliphatic carboxylic acids is 1. The van der Waals surface area contributed by atoms with Crippen molar-refractivity contribution in [2.75, 3.05) is 94.5 Å². The molecule has 1 rings (SSSR count). The molecule has 0 aliphatic carbocycles. The summed E-state index contributed by atoms with van der Waals surface area (Å²) in [6.45, 7) is 17.5. The first-order valence-corrected chi connectivity index (χ1v) is 25.8. The number of carbonyl (C=O) groups excluding carboxylic acids is 3. The van der Waals surface area contributed by atoms with Crippen molar-refractivity contribution in [3.63, 3.8) is 0 Å². The number of ether oxygens (including phenoxy) is 10. The third-order valence-corrected chi connectivity index (χ3v) is 10.9. The molecule has 1 heterocycles. The van der Waals surface area contributed by atoms with E-state index in [0.29, 0.717) is 32.1 Å². The van der Waals surface area contributed by atoms with E-state index in [4.69, 9.17) is 72.9 Å². The summed E-state index contributed by atoms with van der Waals surface area (Å²) in [4.78, 5) is 45.1. The highest BCUT2D eigenvalue weighted by atomic mass is 16.7. The Morgan fingerprint density at radius 1 is 0.549 bits per heavy atom. The highest BCUT2D eigenvalue weighted by Crippen LogP contribution is 2.34. The van der Waals surface area contributed by atoms with Gasteiger partial charge in [0.25, 0.3) is 0 Å². The quantitative estimate of drug-likeness (QED) is 0.0312. The molecule has 9 atom stereocenters. The molecule has 12 N–H and O–H groups in total. The summed E-state index contributed by atoms with van der Waals surface area (Å²) in [5.41, 5.74) is -0.302. The van der Waals surface area contributed by atoms with Gasteiger partial charge in [-0.1, -0.05) is 99.9 Å². The molecule has 26 nitrogen and oxygen atoms in total. The van der Waals surface area contributed by atoms with E-state index in [9.17, 15) is 49.8 Å². The van der Waals surface area contributed by atoms with Crippen LogP contribution in [0.15, 0.2) is 0 Å². The van der Waals surface area contributed by atoms with Gasteiger partial charge >= 0.3 is 17.9 Å². The molecule has 0 bridgehead atoms. The van der Waals surface area contributed by atoms with Crippen molar-refractivity contribution in [3.05, 3.63) is 0 Å². The number of rotatable bonds is 34. The molecule has 0 aromatic carbocycles. The lowest BCUT2D eigenvalue weighted by Gasteiger charge is -2.32. The highest BCUT2D eigenvalue weighted by Gasteiger charge is 2.53. The Hall–Kier alpha value is -2.84. The second-order valence-corrected chi connectivity index (χ2v) is 17.2. The maximum Gasteiger partial charge on any atom is 0.305 e. The molecular formula is C56H127NO25. The SMILES string of the molecule is C.C.C.C.C.C.CC.CC.CC[C@@](CO)(OC)OC(CO)CO.CC[C@@](CO)(OC)OC(CO)COC(=O)CCCC(=O)NC(C)(C)C.CC[C@@](CO)(OC)OC(CO)COC(=O)CCCC(=O)O.CC[C@@]1(OC)O[C@H](CO)[C@@H](O)[C@H]1O. The van der Waals surface area contributed by atoms with Gasteiger partial charge in [-0.2, -0.15) is 0 Å². The van der Waals surface area contributed by atoms with Crippen molar-refractivity contribution in [3.8, 4) is 0 Å². The normalized spacial score (nSPS) is 18.5. The number of amides is 1. The van der Waals surface area contributed by atoms with Crippen LogP contribution in [0.4, 0.5) is 0 Å². The van der Waals surface area contributed by atoms with E-state index < -0.39 is 90.9 Å². The van der Waals surface area contributed by atoms with E-state index in [1.54, 1.807) is 27.7 Å². The van der Waals surface area contributed by atoms with E-state index in [-0.39, 0.29) is 141 Å². The van der Waals surface area contributed by atoms with Crippen LogP contribution in [0.1, 0.15) is 185 Å². The molecule has 1 aliphatic heterocycles. The van der Waals surface area contributed by atoms with Crippen molar-refractivity contribution in [1.29, 1.82) is 0 Å². The monoisotopic (exact) mass is 1210 g/mol. The third kappa shape index (κ3) is 43.7. The number of carboxylic acid groups (broad SMARTS) is 1. The van der Waals surface area contributed by atoms with Gasteiger partial charge in [0.2, 0.25) is 5.91 Å². The van der Waals surface area contributed by atoms with Crippen LogP contribution in [0.2, 0.25) is 0 Å². The Morgan fingerprint density at radius 3 is 1.10 bits per heavy atom. The zero-order valence-electron chi connectivity index (χ0n) is 48.2. The first-order valence-electron chi connectivity index (χ1n) is 25.8. The maximum atomic E-state index is 11.7. The molecular weight excluding hydrogens is 1090 g/mol. The highest BCUT2D eigenvalue weighted by molar-refractivity contribution is 5.77. The van der Waals surface area contributed by atoms with Crippen molar-refractivity contribution in [1.82, 2.24) is 5.32 Å². The molecule has 1 aliphatic rings. The van der Waals surface area contributed by atoms with Gasteiger partial charge in [0.15, 0.2) is 23.1 Å². The Kier molecular flexibility index (Phi) is 76.0. The number of aliphatic hydroxyl groups excluding tert-OH is 10. The van der Waals surface area contributed by atoms with Gasteiger partial charge in [0, 0.05) is 85.3 Å². The largest absolute Gasteiger partial charge is 0.481 e. The molecule has 0 spiro atoms. The molecule has 0 aromatic heterocycles. The summed E-state index contributed by atoms with van der Waals surface area (Å²) in [5, 5.41) is 103. The minimum Gasteiger partial charge on any atom is -0.481 e. The lowest BCUT2D eigenvalue weighted by Crippen LogP contribution is -2.44. The van der Waals surface area contributed by atoms with Crippen molar-refractivity contribution < 1.29 is 123 Å². The minimum atomic E-state index is -1.25. The number of nitrogens with one attached hydrogen (secondary N) is 1. The van der Waals surface area contributed by atoms with Crippen LogP contribution in [0.25, 0.3) is 0 Å². The van der Waals surface area contributed by atoms with Crippen LogP contribution in [-0.2, 0) is 66.5 Å². The number of carbonyl (C=O) groups is 4. The molecule has 506 valence electrons. The first-order chi connectivity index (χ1) is 35.8. The maximum absolute atomic E-state index is 11.7. The molecule has 0 radical (unpaired) electrons. The predicted molar refractivity (Wildman–Crippen MR) is 317 cm³/mol. The summed E-state index contributed by atoms with van der Waals surface area (Å²) in [7, 11) is 5.57. The summed E-state index contributed by atoms with van der Waals surface area (Å²) in [6, 6.07) is 0. The van der Waals surface area contributed by atoms with Gasteiger partial charge in [-0.25, -0.2) is 0 Å². The van der Waals surface area contributed by atoms with Crippen LogP contribution in [-0.4, -0.2) is 240 Å². The second kappa shape index (κ2) is 59.9. The molecule has 1 fully saturated rings. The second-order valence-electron chi connectivity index (χ2n) is 17.2. The van der Waals surface area contributed by atoms with Gasteiger partial charge in [0.1, 0.15) is 49.8 Å². The molecule has 0 aromatic rings. The average Bonchev–Trinajstić information content (AvgIpc) is 3.68. The molecule has 1 saturated heterocycles. The van der Waals surface area contributed by atoms with Gasteiger partial charge in [-0.05, 0) is 33.6 Å². The van der Waals surface area contributed by atoms with Crippen molar-refractivity contribution in [2.24, 2.45) is 0 Å². The van der Waals surface area contributed by atoms with E-state index >= 15 is 0 Å². The lowest BCUT2D eigenvalue weighted by atomic mass is 10.0. The smallest absolute Gasteiger partial charge is 0.305 e. The summed E-state index contributed by atoms with van der Waals surface area (Å²) in [6.07, 6.45) is -2.99. The van der Waals surface area contributed by atoms with E-state index in [1.807, 2.05) is 48.5 Å². The van der Waals surface area contributed by atoms with Crippen LogP contribution in [0, 0.1) is 0 Å². The van der Waals surface area contributed by atoms with E-state index in [2.05, 4.69) is 5.32 Å². The number of methoxy groups -OCH3 is 4. The number of hydrogen-bond donors (Lipinski definition) is 12. The molecule has 82 heavy (non-hydrogen) atoms. The van der Waals surface area contributed by atoms with Gasteiger partial charge in [0.05, 0.1) is 52.9 Å².